The lowest BCUT2D eigenvalue weighted by Gasteiger charge is -2.32. The van der Waals surface area contributed by atoms with Gasteiger partial charge < -0.3 is 15.1 Å². The van der Waals surface area contributed by atoms with E-state index in [1.54, 1.807) is 0 Å². The van der Waals surface area contributed by atoms with Crippen LogP contribution in [0.1, 0.15) is 41.9 Å². The summed E-state index contributed by atoms with van der Waals surface area (Å²) >= 11 is 0. The first-order valence-corrected chi connectivity index (χ1v) is 9.74. The maximum Gasteiger partial charge on any atom is 0.242 e. The van der Waals surface area contributed by atoms with Crippen LogP contribution in [0.2, 0.25) is 0 Å². The van der Waals surface area contributed by atoms with E-state index in [0.717, 1.165) is 26.2 Å². The van der Waals surface area contributed by atoms with Gasteiger partial charge >= 0.3 is 0 Å². The molecular formula is C21H31N3O2. The summed E-state index contributed by atoms with van der Waals surface area (Å²) in [5.74, 6) is 0.896. The molecule has 26 heavy (non-hydrogen) atoms. The second-order valence-electron chi connectivity index (χ2n) is 7.95. The summed E-state index contributed by atoms with van der Waals surface area (Å²) in [7, 11) is 2.06. The average Bonchev–Trinajstić information content (AvgIpc) is 3.45. The van der Waals surface area contributed by atoms with E-state index in [-0.39, 0.29) is 24.3 Å². The largest absolute Gasteiger partial charge is 0.347 e. The summed E-state index contributed by atoms with van der Waals surface area (Å²) in [5.41, 5.74) is 3.82. The molecule has 5 nitrogen and oxygen atoms in total. The number of benzene rings is 1. The van der Waals surface area contributed by atoms with Crippen molar-refractivity contribution in [1.29, 1.82) is 0 Å². The number of aryl methyl sites for hydroxylation is 2. The molecule has 1 aliphatic carbocycles. The first-order valence-electron chi connectivity index (χ1n) is 9.74. The van der Waals surface area contributed by atoms with Crippen LogP contribution >= 0.6 is 0 Å². The van der Waals surface area contributed by atoms with E-state index in [4.69, 9.17) is 0 Å². The molecule has 1 aromatic carbocycles. The van der Waals surface area contributed by atoms with Crippen LogP contribution in [-0.2, 0) is 9.59 Å². The van der Waals surface area contributed by atoms with Gasteiger partial charge in [-0.1, -0.05) is 18.2 Å². The van der Waals surface area contributed by atoms with Crippen LogP contribution in [0, 0.1) is 19.8 Å². The molecular weight excluding hydrogens is 326 g/mol. The summed E-state index contributed by atoms with van der Waals surface area (Å²) in [5, 5.41) is 2.86. The van der Waals surface area contributed by atoms with Gasteiger partial charge in [0.15, 0.2) is 0 Å². The quantitative estimate of drug-likeness (QED) is 0.848. The Labute approximate surface area is 156 Å². The molecule has 2 aliphatic rings. The molecule has 1 saturated heterocycles. The highest BCUT2D eigenvalue weighted by molar-refractivity contribution is 5.85. The zero-order valence-corrected chi connectivity index (χ0v) is 16.3. The fourth-order valence-electron chi connectivity index (χ4n) is 3.66. The standard InChI is InChI=1S/C21H31N3O2/c1-15-4-5-18(12-16(15)2)19(17-6-7-17)13-20(25)22-14-21(26)24-10-8-23(3)9-11-24/h4-5,12,17,19H,6-11,13-14H2,1-3H3,(H,22,25). The van der Waals surface area contributed by atoms with Gasteiger partial charge in [-0.25, -0.2) is 0 Å². The minimum Gasteiger partial charge on any atom is -0.347 e. The molecule has 1 N–H and O–H groups in total. The van der Waals surface area contributed by atoms with Crippen molar-refractivity contribution in [2.24, 2.45) is 5.92 Å². The predicted octanol–water partition coefficient (Wildman–Crippen LogP) is 2.08. The van der Waals surface area contributed by atoms with E-state index in [1.807, 2.05) is 4.90 Å². The minimum atomic E-state index is -0.0115. The second kappa shape index (κ2) is 8.21. The Balaban J connectivity index is 1.52. The predicted molar refractivity (Wildman–Crippen MR) is 103 cm³/mol. The molecule has 1 aliphatic heterocycles. The van der Waals surface area contributed by atoms with Gasteiger partial charge in [0.2, 0.25) is 11.8 Å². The fourth-order valence-corrected chi connectivity index (χ4v) is 3.66. The van der Waals surface area contributed by atoms with E-state index in [0.29, 0.717) is 12.3 Å². The van der Waals surface area contributed by atoms with Gasteiger partial charge in [0.1, 0.15) is 0 Å². The van der Waals surface area contributed by atoms with Crippen molar-refractivity contribution >= 4 is 11.8 Å². The van der Waals surface area contributed by atoms with Crippen molar-refractivity contribution in [3.63, 3.8) is 0 Å². The van der Waals surface area contributed by atoms with E-state index >= 15 is 0 Å². The summed E-state index contributed by atoms with van der Waals surface area (Å²) in [6.45, 7) is 7.65. The molecule has 1 aromatic rings. The number of hydrogen-bond acceptors (Lipinski definition) is 3. The van der Waals surface area contributed by atoms with Crippen molar-refractivity contribution in [3.8, 4) is 0 Å². The Morgan fingerprint density at radius 3 is 2.42 bits per heavy atom. The van der Waals surface area contributed by atoms with Gasteiger partial charge in [-0.15, -0.1) is 0 Å². The smallest absolute Gasteiger partial charge is 0.242 e. The van der Waals surface area contributed by atoms with Crippen LogP contribution in [0.15, 0.2) is 18.2 Å². The normalized spacial score (nSPS) is 19.3. The number of rotatable bonds is 6. The zero-order valence-electron chi connectivity index (χ0n) is 16.3. The monoisotopic (exact) mass is 357 g/mol. The number of piperazine rings is 1. The molecule has 3 rings (SSSR count). The topological polar surface area (TPSA) is 52.7 Å². The zero-order chi connectivity index (χ0) is 18.7. The van der Waals surface area contributed by atoms with Crippen molar-refractivity contribution in [2.45, 2.75) is 39.0 Å². The lowest BCUT2D eigenvalue weighted by molar-refractivity contribution is -0.134. The summed E-state index contributed by atoms with van der Waals surface area (Å²) in [6, 6.07) is 6.53. The first-order chi connectivity index (χ1) is 12.4. The molecule has 1 heterocycles. The maximum atomic E-state index is 12.5. The van der Waals surface area contributed by atoms with Crippen molar-refractivity contribution in [3.05, 3.63) is 34.9 Å². The summed E-state index contributed by atoms with van der Waals surface area (Å²) in [4.78, 5) is 28.8. The highest BCUT2D eigenvalue weighted by atomic mass is 16.2. The Morgan fingerprint density at radius 2 is 1.81 bits per heavy atom. The van der Waals surface area contributed by atoms with Gasteiger partial charge in [0.05, 0.1) is 6.54 Å². The number of carbonyl (C=O) groups is 2. The minimum absolute atomic E-state index is 0.0115. The highest BCUT2D eigenvalue weighted by Crippen LogP contribution is 2.44. The number of carbonyl (C=O) groups excluding carboxylic acids is 2. The van der Waals surface area contributed by atoms with Crippen LogP contribution in [0.5, 0.6) is 0 Å². The fraction of sp³-hybridized carbons (Fsp3) is 0.619. The molecule has 2 amide bonds. The maximum absolute atomic E-state index is 12.5. The summed E-state index contributed by atoms with van der Waals surface area (Å²) in [6.07, 6.45) is 2.87. The SMILES string of the molecule is Cc1ccc(C(CC(=O)NCC(=O)N2CCN(C)CC2)C2CC2)cc1C. The van der Waals surface area contributed by atoms with E-state index in [2.05, 4.69) is 49.3 Å². The Morgan fingerprint density at radius 1 is 1.12 bits per heavy atom. The molecule has 2 fully saturated rings. The Kier molecular flexibility index (Phi) is 5.97. The van der Waals surface area contributed by atoms with Crippen LogP contribution in [-0.4, -0.2) is 61.4 Å². The molecule has 0 bridgehead atoms. The Bertz CT molecular complexity index is 661. The third kappa shape index (κ3) is 4.85. The summed E-state index contributed by atoms with van der Waals surface area (Å²) < 4.78 is 0. The van der Waals surface area contributed by atoms with Crippen molar-refractivity contribution in [2.75, 3.05) is 39.8 Å². The molecule has 142 valence electrons. The third-order valence-corrected chi connectivity index (χ3v) is 5.85. The number of nitrogens with zero attached hydrogens (tertiary/aromatic N) is 2. The van der Waals surface area contributed by atoms with Gasteiger partial charge in [-0.05, 0) is 62.3 Å². The van der Waals surface area contributed by atoms with Crippen LogP contribution in [0.4, 0.5) is 0 Å². The molecule has 0 radical (unpaired) electrons. The molecule has 1 atom stereocenters. The van der Waals surface area contributed by atoms with Crippen molar-refractivity contribution < 1.29 is 9.59 Å². The molecule has 1 saturated carbocycles. The van der Waals surface area contributed by atoms with E-state index < -0.39 is 0 Å². The second-order valence-corrected chi connectivity index (χ2v) is 7.95. The first kappa shape index (κ1) is 18.9. The lowest BCUT2D eigenvalue weighted by Crippen LogP contribution is -2.50. The van der Waals surface area contributed by atoms with Gasteiger partial charge in [-0.3, -0.25) is 9.59 Å². The van der Waals surface area contributed by atoms with Gasteiger partial charge in [0.25, 0.3) is 0 Å². The van der Waals surface area contributed by atoms with Gasteiger partial charge in [0, 0.05) is 32.6 Å². The lowest BCUT2D eigenvalue weighted by atomic mass is 9.89. The molecule has 1 unspecified atom stereocenters. The van der Waals surface area contributed by atoms with Crippen LogP contribution < -0.4 is 5.32 Å². The van der Waals surface area contributed by atoms with Crippen molar-refractivity contribution in [1.82, 2.24) is 15.1 Å². The van der Waals surface area contributed by atoms with Gasteiger partial charge in [-0.2, -0.15) is 0 Å². The number of hydrogen-bond donors (Lipinski definition) is 1. The molecule has 0 spiro atoms. The number of likely N-dealkylation sites (N-methyl/N-ethyl adjacent to an activating group) is 1. The van der Waals surface area contributed by atoms with E-state index in [9.17, 15) is 9.59 Å². The number of nitrogens with one attached hydrogen (secondary N) is 1. The van der Waals surface area contributed by atoms with E-state index in [1.165, 1.54) is 29.5 Å². The molecule has 0 aromatic heterocycles. The number of amides is 2. The Hall–Kier alpha value is -1.88. The van der Waals surface area contributed by atoms with Crippen LogP contribution in [0.3, 0.4) is 0 Å². The molecule has 5 heteroatoms. The van der Waals surface area contributed by atoms with Crippen LogP contribution in [0.25, 0.3) is 0 Å². The highest BCUT2D eigenvalue weighted by Gasteiger charge is 2.34. The average molecular weight is 357 g/mol. The third-order valence-electron chi connectivity index (χ3n) is 5.85.